The van der Waals surface area contributed by atoms with Gasteiger partial charge in [0.1, 0.15) is 6.61 Å². The number of ether oxygens (including phenoxy) is 1. The van der Waals surface area contributed by atoms with E-state index in [0.717, 1.165) is 44.7 Å². The van der Waals surface area contributed by atoms with Crippen molar-refractivity contribution in [1.29, 1.82) is 0 Å². The second kappa shape index (κ2) is 7.64. The predicted molar refractivity (Wildman–Crippen MR) is 96.6 cm³/mol. The Labute approximate surface area is 145 Å². The van der Waals surface area contributed by atoms with Crippen LogP contribution >= 0.6 is 0 Å². The topological polar surface area (TPSA) is 44.8 Å². The SMILES string of the molecule is COCC(=O)N1c2ccc(CC(C)N3CCNCC3)cc2CC1C. The van der Waals surface area contributed by atoms with Crippen LogP contribution in [-0.4, -0.2) is 62.8 Å². The summed E-state index contributed by atoms with van der Waals surface area (Å²) >= 11 is 0. The number of hydrogen-bond acceptors (Lipinski definition) is 4. The molecule has 3 rings (SSSR count). The Bertz CT molecular complexity index is 584. The van der Waals surface area contributed by atoms with E-state index in [1.54, 1.807) is 7.11 Å². The minimum absolute atomic E-state index is 0.0469. The van der Waals surface area contributed by atoms with Gasteiger partial charge in [0, 0.05) is 51.1 Å². The molecule has 132 valence electrons. The summed E-state index contributed by atoms with van der Waals surface area (Å²) in [4.78, 5) is 16.7. The number of anilines is 1. The van der Waals surface area contributed by atoms with Gasteiger partial charge in [0.05, 0.1) is 0 Å². The molecule has 1 aromatic rings. The molecule has 1 amide bonds. The predicted octanol–water partition coefficient (Wildman–Crippen LogP) is 1.45. The van der Waals surface area contributed by atoms with Crippen LogP contribution in [0.4, 0.5) is 5.69 Å². The molecule has 0 bridgehead atoms. The quantitative estimate of drug-likeness (QED) is 0.887. The molecule has 0 spiro atoms. The van der Waals surface area contributed by atoms with E-state index in [4.69, 9.17) is 4.74 Å². The molecule has 0 aliphatic carbocycles. The molecule has 2 aliphatic rings. The first kappa shape index (κ1) is 17.4. The van der Waals surface area contributed by atoms with Crippen LogP contribution in [0.5, 0.6) is 0 Å². The van der Waals surface area contributed by atoms with E-state index < -0.39 is 0 Å². The summed E-state index contributed by atoms with van der Waals surface area (Å²) in [5.41, 5.74) is 3.72. The van der Waals surface area contributed by atoms with Crippen LogP contribution in [0.1, 0.15) is 25.0 Å². The van der Waals surface area contributed by atoms with Crippen molar-refractivity contribution < 1.29 is 9.53 Å². The average molecular weight is 331 g/mol. The Hall–Kier alpha value is -1.43. The van der Waals surface area contributed by atoms with Crippen LogP contribution in [0, 0.1) is 0 Å². The van der Waals surface area contributed by atoms with Gasteiger partial charge in [0.2, 0.25) is 0 Å². The van der Waals surface area contributed by atoms with Gasteiger partial charge in [-0.2, -0.15) is 0 Å². The fourth-order valence-corrected chi connectivity index (χ4v) is 3.98. The number of rotatable bonds is 5. The molecule has 1 aromatic carbocycles. The summed E-state index contributed by atoms with van der Waals surface area (Å²) in [6, 6.07) is 7.36. The van der Waals surface area contributed by atoms with Crippen molar-refractivity contribution in [3.63, 3.8) is 0 Å². The Morgan fingerprint density at radius 3 is 2.83 bits per heavy atom. The molecular formula is C19H29N3O2. The second-order valence-corrected chi connectivity index (χ2v) is 7.05. The molecule has 1 fully saturated rings. The third-order valence-corrected chi connectivity index (χ3v) is 5.20. The second-order valence-electron chi connectivity index (χ2n) is 7.05. The van der Waals surface area contributed by atoms with E-state index in [1.807, 2.05) is 4.90 Å². The maximum Gasteiger partial charge on any atom is 0.253 e. The highest BCUT2D eigenvalue weighted by Crippen LogP contribution is 2.33. The summed E-state index contributed by atoms with van der Waals surface area (Å²) in [5.74, 6) is 0.0469. The van der Waals surface area contributed by atoms with E-state index in [9.17, 15) is 4.79 Å². The number of benzene rings is 1. The molecule has 0 saturated carbocycles. The van der Waals surface area contributed by atoms with Gasteiger partial charge in [-0.1, -0.05) is 12.1 Å². The zero-order valence-electron chi connectivity index (χ0n) is 15.0. The van der Waals surface area contributed by atoms with Crippen molar-refractivity contribution in [2.45, 2.75) is 38.8 Å². The lowest BCUT2D eigenvalue weighted by Gasteiger charge is -2.33. The first-order chi connectivity index (χ1) is 11.6. The van der Waals surface area contributed by atoms with Crippen molar-refractivity contribution in [3.8, 4) is 0 Å². The van der Waals surface area contributed by atoms with Gasteiger partial charge in [-0.25, -0.2) is 0 Å². The summed E-state index contributed by atoms with van der Waals surface area (Å²) in [5, 5.41) is 3.41. The number of methoxy groups -OCH3 is 1. The zero-order chi connectivity index (χ0) is 17.1. The van der Waals surface area contributed by atoms with Crippen molar-refractivity contribution >= 4 is 11.6 Å². The largest absolute Gasteiger partial charge is 0.375 e. The highest BCUT2D eigenvalue weighted by molar-refractivity contribution is 5.97. The minimum atomic E-state index is 0.0469. The smallest absolute Gasteiger partial charge is 0.253 e. The number of carbonyl (C=O) groups is 1. The first-order valence-electron chi connectivity index (χ1n) is 8.97. The molecule has 24 heavy (non-hydrogen) atoms. The molecule has 0 aromatic heterocycles. The van der Waals surface area contributed by atoms with Gasteiger partial charge < -0.3 is 15.0 Å². The van der Waals surface area contributed by atoms with Gasteiger partial charge in [0.15, 0.2) is 0 Å². The van der Waals surface area contributed by atoms with Crippen molar-refractivity contribution in [2.24, 2.45) is 0 Å². The van der Waals surface area contributed by atoms with Gasteiger partial charge >= 0.3 is 0 Å². The number of fused-ring (bicyclic) bond motifs is 1. The van der Waals surface area contributed by atoms with E-state index in [1.165, 1.54) is 11.1 Å². The number of carbonyl (C=O) groups excluding carboxylic acids is 1. The Morgan fingerprint density at radius 2 is 2.12 bits per heavy atom. The molecule has 1 N–H and O–H groups in total. The van der Waals surface area contributed by atoms with E-state index >= 15 is 0 Å². The van der Waals surface area contributed by atoms with Crippen LogP contribution in [0.3, 0.4) is 0 Å². The maximum atomic E-state index is 12.3. The minimum Gasteiger partial charge on any atom is -0.375 e. The molecular weight excluding hydrogens is 302 g/mol. The highest BCUT2D eigenvalue weighted by Gasteiger charge is 2.31. The van der Waals surface area contributed by atoms with Gasteiger partial charge in [0.25, 0.3) is 5.91 Å². The number of amides is 1. The fraction of sp³-hybridized carbons (Fsp3) is 0.632. The fourth-order valence-electron chi connectivity index (χ4n) is 3.98. The van der Waals surface area contributed by atoms with Crippen LogP contribution < -0.4 is 10.2 Å². The Kier molecular flexibility index (Phi) is 5.54. The average Bonchev–Trinajstić information content (AvgIpc) is 2.91. The molecule has 2 heterocycles. The molecule has 5 heteroatoms. The van der Waals surface area contributed by atoms with Crippen molar-refractivity contribution in [3.05, 3.63) is 29.3 Å². The molecule has 2 unspecified atom stereocenters. The summed E-state index contributed by atoms with van der Waals surface area (Å²) in [6.45, 7) is 8.99. The van der Waals surface area contributed by atoms with Gasteiger partial charge in [-0.3, -0.25) is 9.69 Å². The molecule has 2 atom stereocenters. The third-order valence-electron chi connectivity index (χ3n) is 5.20. The Balaban J connectivity index is 1.70. The van der Waals surface area contributed by atoms with Crippen LogP contribution in [0.2, 0.25) is 0 Å². The monoisotopic (exact) mass is 331 g/mol. The molecule has 1 saturated heterocycles. The summed E-state index contributed by atoms with van der Waals surface area (Å²) in [7, 11) is 1.57. The number of nitrogens with zero attached hydrogens (tertiary/aromatic N) is 2. The third kappa shape index (κ3) is 3.63. The van der Waals surface area contributed by atoms with Crippen LogP contribution in [0.15, 0.2) is 18.2 Å². The van der Waals surface area contributed by atoms with Gasteiger partial charge in [-0.15, -0.1) is 0 Å². The lowest BCUT2D eigenvalue weighted by molar-refractivity contribution is -0.122. The Morgan fingerprint density at radius 1 is 1.38 bits per heavy atom. The molecule has 0 radical (unpaired) electrons. The lowest BCUT2D eigenvalue weighted by atomic mass is 10.0. The number of piperazine rings is 1. The normalized spacial score (nSPS) is 22.5. The molecule has 5 nitrogen and oxygen atoms in total. The van der Waals surface area contributed by atoms with Crippen molar-refractivity contribution in [2.75, 3.05) is 44.8 Å². The van der Waals surface area contributed by atoms with Gasteiger partial charge in [-0.05, 0) is 43.9 Å². The van der Waals surface area contributed by atoms with E-state index in [2.05, 4.69) is 42.3 Å². The van der Waals surface area contributed by atoms with Crippen LogP contribution in [-0.2, 0) is 22.4 Å². The number of nitrogens with one attached hydrogen (secondary N) is 1. The zero-order valence-corrected chi connectivity index (χ0v) is 15.0. The number of hydrogen-bond donors (Lipinski definition) is 1. The summed E-state index contributed by atoms with van der Waals surface area (Å²) in [6.07, 6.45) is 1.99. The van der Waals surface area contributed by atoms with Crippen molar-refractivity contribution in [1.82, 2.24) is 10.2 Å². The lowest BCUT2D eigenvalue weighted by Crippen LogP contribution is -2.48. The molecule has 2 aliphatic heterocycles. The standard InChI is InChI=1S/C19H29N3O2/c1-14(21-8-6-20-7-9-21)10-16-4-5-18-17(12-16)11-15(2)22(18)19(23)13-24-3/h4-5,12,14-15,20H,6-11,13H2,1-3H3. The van der Waals surface area contributed by atoms with E-state index in [-0.39, 0.29) is 18.6 Å². The maximum absolute atomic E-state index is 12.3. The highest BCUT2D eigenvalue weighted by atomic mass is 16.5. The van der Waals surface area contributed by atoms with E-state index in [0.29, 0.717) is 6.04 Å². The first-order valence-corrected chi connectivity index (χ1v) is 8.97. The van der Waals surface area contributed by atoms with Crippen LogP contribution in [0.25, 0.3) is 0 Å². The summed E-state index contributed by atoms with van der Waals surface area (Å²) < 4.78 is 5.02.